The highest BCUT2D eigenvalue weighted by Crippen LogP contribution is 2.28. The molecule has 3 aromatic carbocycles. The Hall–Kier alpha value is -2.39. The zero-order valence-electron chi connectivity index (χ0n) is 11.8. The second-order valence-corrected chi connectivity index (χ2v) is 4.91. The second kappa shape index (κ2) is 5.94. The number of hydrogen-bond donors (Lipinski definition) is 1. The second-order valence-electron chi connectivity index (χ2n) is 4.91. The first kappa shape index (κ1) is 13.6. The summed E-state index contributed by atoms with van der Waals surface area (Å²) in [6.07, 6.45) is 0. The van der Waals surface area contributed by atoms with Gasteiger partial charge in [0, 0.05) is 6.54 Å². The lowest BCUT2D eigenvalue weighted by Crippen LogP contribution is -2.05. The van der Waals surface area contributed by atoms with E-state index in [0.717, 1.165) is 16.3 Å². The number of benzene rings is 3. The summed E-state index contributed by atoms with van der Waals surface area (Å²) in [4.78, 5) is 0. The largest absolute Gasteiger partial charge is 0.454 e. The third kappa shape index (κ3) is 3.03. The van der Waals surface area contributed by atoms with Crippen LogP contribution in [0.4, 0.5) is 4.39 Å². The van der Waals surface area contributed by atoms with Crippen molar-refractivity contribution in [3.63, 3.8) is 0 Å². The molecule has 0 aliphatic rings. The Morgan fingerprint density at radius 2 is 1.76 bits per heavy atom. The van der Waals surface area contributed by atoms with Crippen LogP contribution in [0.5, 0.6) is 11.5 Å². The van der Waals surface area contributed by atoms with E-state index in [4.69, 9.17) is 4.74 Å². The molecule has 3 heteroatoms. The molecule has 0 unspecified atom stereocenters. The van der Waals surface area contributed by atoms with Crippen molar-refractivity contribution in [3.8, 4) is 11.5 Å². The van der Waals surface area contributed by atoms with E-state index in [1.165, 1.54) is 6.07 Å². The number of fused-ring (bicyclic) bond motifs is 1. The highest BCUT2D eigenvalue weighted by molar-refractivity contribution is 5.83. The van der Waals surface area contributed by atoms with Gasteiger partial charge in [-0.15, -0.1) is 0 Å². The van der Waals surface area contributed by atoms with E-state index < -0.39 is 0 Å². The summed E-state index contributed by atoms with van der Waals surface area (Å²) >= 11 is 0. The summed E-state index contributed by atoms with van der Waals surface area (Å²) in [5, 5.41) is 5.20. The molecule has 0 spiro atoms. The van der Waals surface area contributed by atoms with E-state index in [0.29, 0.717) is 12.3 Å². The van der Waals surface area contributed by atoms with E-state index in [-0.39, 0.29) is 11.6 Å². The van der Waals surface area contributed by atoms with Crippen molar-refractivity contribution in [2.45, 2.75) is 6.54 Å². The van der Waals surface area contributed by atoms with Gasteiger partial charge in [-0.25, -0.2) is 4.39 Å². The van der Waals surface area contributed by atoms with E-state index >= 15 is 0 Å². The molecule has 0 heterocycles. The third-order valence-corrected chi connectivity index (χ3v) is 3.33. The van der Waals surface area contributed by atoms with Crippen molar-refractivity contribution in [1.82, 2.24) is 5.32 Å². The zero-order valence-corrected chi connectivity index (χ0v) is 11.8. The molecule has 0 bridgehead atoms. The Balaban J connectivity index is 1.87. The molecule has 0 radical (unpaired) electrons. The van der Waals surface area contributed by atoms with Crippen LogP contribution in [-0.4, -0.2) is 7.05 Å². The summed E-state index contributed by atoms with van der Waals surface area (Å²) in [5.74, 6) is 0.523. The SMILES string of the molecule is CNCc1ccc(Oc2ccc3ccccc3c2)c(F)c1. The maximum Gasteiger partial charge on any atom is 0.166 e. The maximum atomic E-state index is 14.0. The minimum Gasteiger partial charge on any atom is -0.454 e. The molecule has 0 atom stereocenters. The first-order valence-corrected chi connectivity index (χ1v) is 6.86. The summed E-state index contributed by atoms with van der Waals surface area (Å²) < 4.78 is 19.7. The van der Waals surface area contributed by atoms with Gasteiger partial charge in [0.25, 0.3) is 0 Å². The minimum atomic E-state index is -0.351. The average Bonchev–Trinajstić information content (AvgIpc) is 2.50. The predicted octanol–water partition coefficient (Wildman–Crippen LogP) is 4.49. The fourth-order valence-electron chi connectivity index (χ4n) is 2.30. The zero-order chi connectivity index (χ0) is 14.7. The van der Waals surface area contributed by atoms with Gasteiger partial charge in [-0.1, -0.05) is 36.4 Å². The fourth-order valence-corrected chi connectivity index (χ4v) is 2.30. The van der Waals surface area contributed by atoms with Crippen LogP contribution in [0.25, 0.3) is 10.8 Å². The third-order valence-electron chi connectivity index (χ3n) is 3.33. The van der Waals surface area contributed by atoms with Crippen molar-refractivity contribution >= 4 is 10.8 Å². The lowest BCUT2D eigenvalue weighted by Gasteiger charge is -2.09. The van der Waals surface area contributed by atoms with Crippen molar-refractivity contribution in [2.24, 2.45) is 0 Å². The number of rotatable bonds is 4. The predicted molar refractivity (Wildman–Crippen MR) is 83.2 cm³/mol. The summed E-state index contributed by atoms with van der Waals surface area (Å²) in [7, 11) is 1.83. The van der Waals surface area contributed by atoms with E-state index in [2.05, 4.69) is 5.32 Å². The smallest absolute Gasteiger partial charge is 0.166 e. The Bertz CT molecular complexity index is 770. The number of halogens is 1. The molecule has 1 N–H and O–H groups in total. The highest BCUT2D eigenvalue weighted by atomic mass is 19.1. The topological polar surface area (TPSA) is 21.3 Å². The molecule has 0 aliphatic carbocycles. The summed E-state index contributed by atoms with van der Waals surface area (Å²) in [6.45, 7) is 0.632. The standard InChI is InChI=1S/C18H16FNO/c1-20-12-13-6-9-18(17(19)10-13)21-16-8-7-14-4-2-3-5-15(14)11-16/h2-11,20H,12H2,1H3. The van der Waals surface area contributed by atoms with Crippen molar-refractivity contribution < 1.29 is 9.13 Å². The van der Waals surface area contributed by atoms with Crippen molar-refractivity contribution in [2.75, 3.05) is 7.05 Å². The van der Waals surface area contributed by atoms with Crippen LogP contribution in [0.15, 0.2) is 60.7 Å². The Morgan fingerprint density at radius 1 is 0.952 bits per heavy atom. The Kier molecular flexibility index (Phi) is 3.84. The Labute approximate surface area is 123 Å². The normalized spacial score (nSPS) is 10.8. The lowest BCUT2D eigenvalue weighted by atomic mass is 10.1. The van der Waals surface area contributed by atoms with Crippen molar-refractivity contribution in [1.29, 1.82) is 0 Å². The Morgan fingerprint density at radius 3 is 2.52 bits per heavy atom. The molecule has 3 aromatic rings. The van der Waals surface area contributed by atoms with Crippen LogP contribution in [0.2, 0.25) is 0 Å². The number of hydrogen-bond acceptors (Lipinski definition) is 2. The monoisotopic (exact) mass is 281 g/mol. The first-order valence-electron chi connectivity index (χ1n) is 6.86. The van der Waals surface area contributed by atoms with Crippen LogP contribution in [-0.2, 0) is 6.54 Å². The molecule has 0 saturated carbocycles. The van der Waals surface area contributed by atoms with Gasteiger partial charge < -0.3 is 10.1 Å². The number of nitrogens with one attached hydrogen (secondary N) is 1. The average molecular weight is 281 g/mol. The molecular formula is C18H16FNO. The number of ether oxygens (including phenoxy) is 1. The molecule has 0 aromatic heterocycles. The molecule has 3 rings (SSSR count). The summed E-state index contributed by atoms with van der Waals surface area (Å²) in [6, 6.07) is 18.8. The quantitative estimate of drug-likeness (QED) is 0.760. The van der Waals surface area contributed by atoms with Crippen molar-refractivity contribution in [3.05, 3.63) is 72.0 Å². The van der Waals surface area contributed by atoms with E-state index in [9.17, 15) is 4.39 Å². The van der Waals surface area contributed by atoms with Gasteiger partial charge in [0.2, 0.25) is 0 Å². The highest BCUT2D eigenvalue weighted by Gasteiger charge is 2.06. The van der Waals surface area contributed by atoms with Crippen LogP contribution in [0.1, 0.15) is 5.56 Å². The fraction of sp³-hybridized carbons (Fsp3) is 0.111. The first-order chi connectivity index (χ1) is 10.3. The van der Waals surface area contributed by atoms with E-state index in [1.807, 2.05) is 55.6 Å². The van der Waals surface area contributed by atoms with Crippen LogP contribution < -0.4 is 10.1 Å². The minimum absolute atomic E-state index is 0.241. The molecule has 21 heavy (non-hydrogen) atoms. The molecule has 0 amide bonds. The van der Waals surface area contributed by atoms with Gasteiger partial charge in [0.05, 0.1) is 0 Å². The van der Waals surface area contributed by atoms with Gasteiger partial charge in [-0.2, -0.15) is 0 Å². The molecule has 0 fully saturated rings. The van der Waals surface area contributed by atoms with Gasteiger partial charge in [-0.05, 0) is 47.6 Å². The lowest BCUT2D eigenvalue weighted by molar-refractivity contribution is 0.442. The molecule has 0 aliphatic heterocycles. The van der Waals surface area contributed by atoms with Gasteiger partial charge in [0.15, 0.2) is 11.6 Å². The molecule has 106 valence electrons. The van der Waals surface area contributed by atoms with Gasteiger partial charge >= 0.3 is 0 Å². The molecule has 0 saturated heterocycles. The maximum absolute atomic E-state index is 14.0. The van der Waals surface area contributed by atoms with Crippen LogP contribution in [0.3, 0.4) is 0 Å². The van der Waals surface area contributed by atoms with Crippen LogP contribution in [0, 0.1) is 5.82 Å². The molecule has 2 nitrogen and oxygen atoms in total. The van der Waals surface area contributed by atoms with Gasteiger partial charge in [-0.3, -0.25) is 0 Å². The van der Waals surface area contributed by atoms with Crippen LogP contribution >= 0.6 is 0 Å². The molecular weight excluding hydrogens is 265 g/mol. The van der Waals surface area contributed by atoms with E-state index in [1.54, 1.807) is 6.07 Å². The summed E-state index contributed by atoms with van der Waals surface area (Å²) in [5.41, 5.74) is 0.890. The van der Waals surface area contributed by atoms with Gasteiger partial charge in [0.1, 0.15) is 5.75 Å².